The predicted molar refractivity (Wildman–Crippen MR) is 71.1 cm³/mol. The molecule has 0 aromatic rings. The first-order valence-electron chi connectivity index (χ1n) is 7.21. The second-order valence-electron chi connectivity index (χ2n) is 5.83. The van der Waals surface area contributed by atoms with Gasteiger partial charge in [-0.1, -0.05) is 20.8 Å². The van der Waals surface area contributed by atoms with Crippen LogP contribution in [0.1, 0.15) is 46.5 Å². The van der Waals surface area contributed by atoms with E-state index in [0.717, 1.165) is 25.7 Å². The van der Waals surface area contributed by atoms with Gasteiger partial charge in [-0.05, 0) is 31.6 Å². The van der Waals surface area contributed by atoms with E-state index in [1.54, 1.807) is 7.11 Å². The fraction of sp³-hybridized carbons (Fsp3) is 0.929. The summed E-state index contributed by atoms with van der Waals surface area (Å²) in [7, 11) is 1.76. The summed E-state index contributed by atoms with van der Waals surface area (Å²) in [6.07, 6.45) is 4.56. The van der Waals surface area contributed by atoms with Crippen LogP contribution in [-0.2, 0) is 9.53 Å². The predicted octanol–water partition coefficient (Wildman–Crippen LogP) is 1.75. The molecule has 1 aliphatic carbocycles. The van der Waals surface area contributed by atoms with Crippen LogP contribution in [0.15, 0.2) is 0 Å². The first-order valence-corrected chi connectivity index (χ1v) is 7.21. The highest BCUT2D eigenvalue weighted by molar-refractivity contribution is 5.84. The number of hydrogen-bond acceptors (Lipinski definition) is 3. The summed E-state index contributed by atoms with van der Waals surface area (Å²) in [6.45, 7) is 6.42. The second-order valence-corrected chi connectivity index (χ2v) is 5.83. The molecule has 4 nitrogen and oxygen atoms in total. The van der Waals surface area contributed by atoms with E-state index < -0.39 is 0 Å². The molecule has 18 heavy (non-hydrogen) atoms. The normalized spacial score (nSPS) is 36.9. The largest absolute Gasteiger partial charge is 0.379 e. The van der Waals surface area contributed by atoms with Gasteiger partial charge in [0, 0.05) is 7.11 Å². The molecule has 1 aliphatic heterocycles. The number of rotatable bonds is 4. The van der Waals surface area contributed by atoms with Gasteiger partial charge >= 0.3 is 0 Å². The van der Waals surface area contributed by atoms with Gasteiger partial charge in [0.15, 0.2) is 0 Å². The van der Waals surface area contributed by atoms with Crippen molar-refractivity contribution in [1.29, 1.82) is 0 Å². The van der Waals surface area contributed by atoms with Crippen LogP contribution in [0.5, 0.6) is 0 Å². The number of methoxy groups -OCH3 is 1. The quantitative estimate of drug-likeness (QED) is 0.831. The van der Waals surface area contributed by atoms with Crippen LogP contribution >= 0.6 is 0 Å². The van der Waals surface area contributed by atoms with E-state index in [-0.39, 0.29) is 30.3 Å². The summed E-state index contributed by atoms with van der Waals surface area (Å²) in [5.41, 5.74) is 0. The van der Waals surface area contributed by atoms with Gasteiger partial charge in [-0.3, -0.25) is 10.1 Å². The maximum absolute atomic E-state index is 12.5. The zero-order valence-electron chi connectivity index (χ0n) is 12.0. The van der Waals surface area contributed by atoms with E-state index in [4.69, 9.17) is 4.74 Å². The van der Waals surface area contributed by atoms with Crippen LogP contribution in [0, 0.1) is 5.92 Å². The monoisotopic (exact) mass is 254 g/mol. The number of amides is 1. The highest BCUT2D eigenvalue weighted by atomic mass is 16.5. The molecule has 1 amide bonds. The molecule has 1 N–H and O–H groups in total. The Bertz CT molecular complexity index is 306. The number of ether oxygens (including phenoxy) is 1. The van der Waals surface area contributed by atoms with E-state index in [1.165, 1.54) is 0 Å². The van der Waals surface area contributed by atoms with Gasteiger partial charge in [0.2, 0.25) is 5.91 Å². The van der Waals surface area contributed by atoms with Gasteiger partial charge in [-0.25, -0.2) is 0 Å². The lowest BCUT2D eigenvalue weighted by Gasteiger charge is -2.35. The molecule has 2 fully saturated rings. The zero-order valence-corrected chi connectivity index (χ0v) is 12.0. The molecule has 2 rings (SSSR count). The highest BCUT2D eigenvalue weighted by Crippen LogP contribution is 2.32. The smallest absolute Gasteiger partial charge is 0.241 e. The van der Waals surface area contributed by atoms with Crippen molar-refractivity contribution in [2.24, 2.45) is 5.92 Å². The Morgan fingerprint density at radius 3 is 2.72 bits per heavy atom. The third kappa shape index (κ3) is 2.28. The average Bonchev–Trinajstić information content (AvgIpc) is 2.92. The molecule has 0 aromatic heterocycles. The van der Waals surface area contributed by atoms with Crippen LogP contribution in [0.3, 0.4) is 0 Å². The van der Waals surface area contributed by atoms with E-state index >= 15 is 0 Å². The Kier molecular flexibility index (Phi) is 4.28. The van der Waals surface area contributed by atoms with Crippen LogP contribution in [0.25, 0.3) is 0 Å². The minimum Gasteiger partial charge on any atom is -0.379 e. The van der Waals surface area contributed by atoms with E-state index in [1.807, 2.05) is 0 Å². The van der Waals surface area contributed by atoms with Gasteiger partial charge in [-0.15, -0.1) is 0 Å². The van der Waals surface area contributed by atoms with Crippen LogP contribution < -0.4 is 5.32 Å². The molecular weight excluding hydrogens is 228 g/mol. The Morgan fingerprint density at radius 2 is 2.17 bits per heavy atom. The fourth-order valence-corrected chi connectivity index (χ4v) is 3.35. The third-order valence-electron chi connectivity index (χ3n) is 4.34. The van der Waals surface area contributed by atoms with Crippen molar-refractivity contribution in [3.8, 4) is 0 Å². The van der Waals surface area contributed by atoms with Crippen molar-refractivity contribution in [2.75, 3.05) is 7.11 Å². The summed E-state index contributed by atoms with van der Waals surface area (Å²) in [5, 5.41) is 3.48. The molecule has 1 saturated carbocycles. The number of carbonyl (C=O) groups excluding carboxylic acids is 1. The highest BCUT2D eigenvalue weighted by Gasteiger charge is 2.46. The SMILES string of the molecule is CCC1NC(C(C)C)N(C2CCCC2OC)C1=O. The standard InChI is InChI=1S/C14H26N2O2/c1-5-10-14(17)16(13(15-10)9(2)3)11-7-6-8-12(11)18-4/h9-13,15H,5-8H2,1-4H3. The number of hydrogen-bond donors (Lipinski definition) is 1. The molecule has 4 atom stereocenters. The molecule has 0 aromatic carbocycles. The van der Waals surface area contributed by atoms with Crippen molar-refractivity contribution < 1.29 is 9.53 Å². The molecule has 1 heterocycles. The number of nitrogens with zero attached hydrogens (tertiary/aromatic N) is 1. The summed E-state index contributed by atoms with van der Waals surface area (Å²) in [6, 6.07) is 0.259. The van der Waals surface area contributed by atoms with Crippen molar-refractivity contribution in [2.45, 2.75) is 70.8 Å². The first kappa shape index (κ1) is 13.8. The lowest BCUT2D eigenvalue weighted by Crippen LogP contribution is -2.50. The Morgan fingerprint density at radius 1 is 1.44 bits per heavy atom. The minimum atomic E-state index is -0.00416. The second kappa shape index (κ2) is 5.57. The van der Waals surface area contributed by atoms with Crippen LogP contribution in [0.2, 0.25) is 0 Å². The molecular formula is C14H26N2O2. The molecule has 104 valence electrons. The Balaban J connectivity index is 2.19. The third-order valence-corrected chi connectivity index (χ3v) is 4.34. The molecule has 2 aliphatic rings. The number of carbonyl (C=O) groups is 1. The zero-order chi connectivity index (χ0) is 13.3. The topological polar surface area (TPSA) is 41.6 Å². The van der Waals surface area contributed by atoms with Crippen LogP contribution in [-0.4, -0.2) is 42.3 Å². The lowest BCUT2D eigenvalue weighted by molar-refractivity contribution is -0.135. The summed E-state index contributed by atoms with van der Waals surface area (Å²) >= 11 is 0. The van der Waals surface area contributed by atoms with E-state index in [9.17, 15) is 4.79 Å². The maximum atomic E-state index is 12.5. The maximum Gasteiger partial charge on any atom is 0.241 e. The molecule has 4 unspecified atom stereocenters. The van der Waals surface area contributed by atoms with Gasteiger partial charge < -0.3 is 9.64 Å². The summed E-state index contributed by atoms with van der Waals surface area (Å²) < 4.78 is 5.56. The summed E-state index contributed by atoms with van der Waals surface area (Å²) in [4.78, 5) is 14.6. The molecule has 1 saturated heterocycles. The Hall–Kier alpha value is -0.610. The van der Waals surface area contributed by atoms with E-state index in [2.05, 4.69) is 31.0 Å². The fourth-order valence-electron chi connectivity index (χ4n) is 3.35. The van der Waals surface area contributed by atoms with Crippen molar-refractivity contribution in [3.05, 3.63) is 0 Å². The van der Waals surface area contributed by atoms with Crippen molar-refractivity contribution in [1.82, 2.24) is 10.2 Å². The van der Waals surface area contributed by atoms with Gasteiger partial charge in [0.25, 0.3) is 0 Å². The summed E-state index contributed by atoms with van der Waals surface area (Å²) in [5.74, 6) is 0.703. The minimum absolute atomic E-state index is 0.00416. The first-order chi connectivity index (χ1) is 8.60. The van der Waals surface area contributed by atoms with Crippen LogP contribution in [0.4, 0.5) is 0 Å². The Labute approximate surface area is 110 Å². The number of nitrogens with one attached hydrogen (secondary N) is 1. The molecule has 0 radical (unpaired) electrons. The molecule has 0 bridgehead atoms. The lowest BCUT2D eigenvalue weighted by atomic mass is 10.1. The van der Waals surface area contributed by atoms with Gasteiger partial charge in [0.05, 0.1) is 24.4 Å². The molecule has 0 spiro atoms. The van der Waals surface area contributed by atoms with Gasteiger partial charge in [0.1, 0.15) is 0 Å². The van der Waals surface area contributed by atoms with Gasteiger partial charge in [-0.2, -0.15) is 0 Å². The van der Waals surface area contributed by atoms with E-state index in [0.29, 0.717) is 5.92 Å². The molecule has 4 heteroatoms. The van der Waals surface area contributed by atoms with Crippen molar-refractivity contribution in [3.63, 3.8) is 0 Å². The van der Waals surface area contributed by atoms with Crippen molar-refractivity contribution >= 4 is 5.91 Å². The average molecular weight is 254 g/mol.